The van der Waals surface area contributed by atoms with Gasteiger partial charge < -0.3 is 5.73 Å². The summed E-state index contributed by atoms with van der Waals surface area (Å²) in [6.45, 7) is 4.34. The van der Waals surface area contributed by atoms with Crippen LogP contribution in [-0.2, 0) is 10.0 Å². The van der Waals surface area contributed by atoms with Crippen LogP contribution in [0.25, 0.3) is 0 Å². The van der Waals surface area contributed by atoms with E-state index in [0.29, 0.717) is 23.0 Å². The number of fused-ring (bicyclic) bond motifs is 2. The Hall–Kier alpha value is -1.07. The van der Waals surface area contributed by atoms with E-state index in [9.17, 15) is 8.42 Å². The third-order valence-corrected chi connectivity index (χ3v) is 6.63. The number of sulfonamides is 1. The van der Waals surface area contributed by atoms with E-state index < -0.39 is 10.0 Å². The maximum atomic E-state index is 12.9. The molecule has 2 fully saturated rings. The lowest BCUT2D eigenvalue weighted by atomic mass is 10.1. The summed E-state index contributed by atoms with van der Waals surface area (Å²) < 4.78 is 27.4. The van der Waals surface area contributed by atoms with Crippen molar-refractivity contribution in [2.75, 3.05) is 12.3 Å². The molecule has 1 heterocycles. The van der Waals surface area contributed by atoms with E-state index in [-0.39, 0.29) is 6.04 Å². The molecular weight excluding hydrogens is 260 g/mol. The van der Waals surface area contributed by atoms with Crippen LogP contribution in [-0.4, -0.2) is 25.3 Å². The first-order valence-corrected chi connectivity index (χ1v) is 8.22. The fourth-order valence-corrected chi connectivity index (χ4v) is 5.84. The molecule has 1 saturated carbocycles. The molecular formula is C14H20N2O2S. The minimum absolute atomic E-state index is 0.214. The van der Waals surface area contributed by atoms with Gasteiger partial charge in [-0.1, -0.05) is 0 Å². The van der Waals surface area contributed by atoms with Gasteiger partial charge >= 0.3 is 0 Å². The molecule has 2 bridgehead atoms. The highest BCUT2D eigenvalue weighted by Crippen LogP contribution is 2.41. The van der Waals surface area contributed by atoms with Gasteiger partial charge in [0.1, 0.15) is 0 Å². The van der Waals surface area contributed by atoms with Crippen molar-refractivity contribution in [3.05, 3.63) is 23.3 Å². The number of aryl methyl sites for hydroxylation is 2. The van der Waals surface area contributed by atoms with Crippen molar-refractivity contribution in [2.45, 2.75) is 44.0 Å². The van der Waals surface area contributed by atoms with Gasteiger partial charge in [0.25, 0.3) is 0 Å². The summed E-state index contributed by atoms with van der Waals surface area (Å²) in [5, 5.41) is 0. The molecule has 2 atom stereocenters. The van der Waals surface area contributed by atoms with Crippen molar-refractivity contribution in [3.8, 4) is 0 Å². The summed E-state index contributed by atoms with van der Waals surface area (Å²) >= 11 is 0. The Morgan fingerprint density at radius 3 is 2.32 bits per heavy atom. The second-order valence-corrected chi connectivity index (χ2v) is 7.72. The number of nitrogens with two attached hydrogens (primary N) is 1. The highest BCUT2D eigenvalue weighted by molar-refractivity contribution is 7.89. The van der Waals surface area contributed by atoms with Gasteiger partial charge in [-0.2, -0.15) is 4.31 Å². The molecule has 0 aromatic heterocycles. The first-order valence-electron chi connectivity index (χ1n) is 6.78. The highest BCUT2D eigenvalue weighted by Gasteiger charge is 2.44. The van der Waals surface area contributed by atoms with Crippen LogP contribution >= 0.6 is 0 Å². The van der Waals surface area contributed by atoms with Crippen molar-refractivity contribution in [1.29, 1.82) is 0 Å². The molecule has 5 heteroatoms. The standard InChI is InChI=1S/C14H20N2O2S/c1-9-5-12(15)6-10(2)14(9)19(17,18)16-8-11-3-4-13(16)7-11/h5-6,11,13H,3-4,7-8,15H2,1-2H3. The van der Waals surface area contributed by atoms with Crippen molar-refractivity contribution >= 4 is 15.7 Å². The van der Waals surface area contributed by atoms with Gasteiger partial charge in [-0.25, -0.2) is 8.42 Å². The topological polar surface area (TPSA) is 63.4 Å². The van der Waals surface area contributed by atoms with Crippen LogP contribution in [0.1, 0.15) is 30.4 Å². The second-order valence-electron chi connectivity index (χ2n) is 5.89. The van der Waals surface area contributed by atoms with Gasteiger partial charge in [0, 0.05) is 18.3 Å². The van der Waals surface area contributed by atoms with Gasteiger partial charge in [-0.05, 0) is 62.3 Å². The van der Waals surface area contributed by atoms with Crippen molar-refractivity contribution in [1.82, 2.24) is 4.31 Å². The third kappa shape index (κ3) is 1.96. The molecule has 104 valence electrons. The average Bonchev–Trinajstić information content (AvgIpc) is 2.88. The molecule has 1 saturated heterocycles. The SMILES string of the molecule is Cc1cc(N)cc(C)c1S(=O)(=O)N1CC2CCC1C2. The van der Waals surface area contributed by atoms with Crippen LogP contribution in [0.5, 0.6) is 0 Å². The number of nitrogen functional groups attached to an aromatic ring is 1. The molecule has 4 nitrogen and oxygen atoms in total. The van der Waals surface area contributed by atoms with Crippen LogP contribution in [0.2, 0.25) is 0 Å². The summed E-state index contributed by atoms with van der Waals surface area (Å²) in [7, 11) is -3.37. The summed E-state index contributed by atoms with van der Waals surface area (Å²) in [5.74, 6) is 0.564. The summed E-state index contributed by atoms with van der Waals surface area (Å²) in [6, 6.07) is 3.70. The summed E-state index contributed by atoms with van der Waals surface area (Å²) in [4.78, 5) is 0.453. The predicted octanol–water partition coefficient (Wildman–Crippen LogP) is 2.06. The Morgan fingerprint density at radius 1 is 1.21 bits per heavy atom. The van der Waals surface area contributed by atoms with E-state index in [4.69, 9.17) is 5.73 Å². The van der Waals surface area contributed by atoms with Crippen molar-refractivity contribution < 1.29 is 8.42 Å². The lowest BCUT2D eigenvalue weighted by Crippen LogP contribution is -2.38. The van der Waals surface area contributed by atoms with Crippen molar-refractivity contribution in [2.24, 2.45) is 5.92 Å². The first-order chi connectivity index (χ1) is 8.89. The quantitative estimate of drug-likeness (QED) is 0.843. The van der Waals surface area contributed by atoms with Crippen LogP contribution in [0.4, 0.5) is 5.69 Å². The molecule has 0 spiro atoms. The zero-order valence-corrected chi connectivity index (χ0v) is 12.2. The Labute approximate surface area is 114 Å². The Kier molecular flexibility index (Phi) is 2.87. The Balaban J connectivity index is 2.06. The van der Waals surface area contributed by atoms with E-state index in [1.807, 2.05) is 13.8 Å². The van der Waals surface area contributed by atoms with E-state index in [1.165, 1.54) is 6.42 Å². The van der Waals surface area contributed by atoms with Crippen LogP contribution < -0.4 is 5.73 Å². The number of hydrogen-bond acceptors (Lipinski definition) is 3. The van der Waals surface area contributed by atoms with E-state index in [0.717, 1.165) is 24.0 Å². The molecule has 0 radical (unpaired) electrons. The smallest absolute Gasteiger partial charge is 0.243 e. The molecule has 1 aliphatic heterocycles. The number of rotatable bonds is 2. The molecule has 1 aliphatic carbocycles. The van der Waals surface area contributed by atoms with Gasteiger partial charge in [0.05, 0.1) is 4.90 Å². The molecule has 2 aliphatic rings. The Morgan fingerprint density at radius 2 is 1.84 bits per heavy atom. The zero-order chi connectivity index (χ0) is 13.8. The van der Waals surface area contributed by atoms with E-state index in [2.05, 4.69) is 0 Å². The molecule has 2 N–H and O–H groups in total. The predicted molar refractivity (Wildman–Crippen MR) is 75.3 cm³/mol. The normalized spacial score (nSPS) is 27.1. The number of benzene rings is 1. The monoisotopic (exact) mass is 280 g/mol. The number of nitrogens with zero attached hydrogens (tertiary/aromatic N) is 1. The fraction of sp³-hybridized carbons (Fsp3) is 0.571. The molecule has 1 aromatic carbocycles. The number of anilines is 1. The van der Waals surface area contributed by atoms with Crippen LogP contribution in [0.3, 0.4) is 0 Å². The second kappa shape index (κ2) is 4.21. The molecule has 19 heavy (non-hydrogen) atoms. The third-order valence-electron chi connectivity index (χ3n) is 4.41. The summed E-state index contributed by atoms with van der Waals surface area (Å²) in [5.41, 5.74) is 7.90. The minimum atomic E-state index is -3.37. The van der Waals surface area contributed by atoms with Crippen molar-refractivity contribution in [3.63, 3.8) is 0 Å². The number of piperidine rings is 1. The molecule has 0 amide bonds. The first kappa shape index (κ1) is 12.9. The largest absolute Gasteiger partial charge is 0.399 e. The fourth-order valence-electron chi connectivity index (χ4n) is 3.68. The van der Waals surface area contributed by atoms with Gasteiger partial charge in [-0.15, -0.1) is 0 Å². The molecule has 2 unspecified atom stereocenters. The maximum absolute atomic E-state index is 12.9. The van der Waals surface area contributed by atoms with E-state index >= 15 is 0 Å². The number of hydrogen-bond donors (Lipinski definition) is 1. The van der Waals surface area contributed by atoms with Gasteiger partial charge in [-0.3, -0.25) is 0 Å². The highest BCUT2D eigenvalue weighted by atomic mass is 32.2. The Bertz CT molecular complexity index is 601. The summed E-state index contributed by atoms with van der Waals surface area (Å²) in [6.07, 6.45) is 3.22. The lowest BCUT2D eigenvalue weighted by molar-refractivity contribution is 0.333. The maximum Gasteiger partial charge on any atom is 0.243 e. The van der Waals surface area contributed by atoms with Crippen LogP contribution in [0.15, 0.2) is 17.0 Å². The zero-order valence-electron chi connectivity index (χ0n) is 11.4. The van der Waals surface area contributed by atoms with E-state index in [1.54, 1.807) is 16.4 Å². The van der Waals surface area contributed by atoms with Gasteiger partial charge in [0.2, 0.25) is 10.0 Å². The van der Waals surface area contributed by atoms with Crippen LogP contribution in [0, 0.1) is 19.8 Å². The molecule has 1 aromatic rings. The lowest BCUT2D eigenvalue weighted by Gasteiger charge is -2.27. The average molecular weight is 280 g/mol. The molecule has 3 rings (SSSR count). The minimum Gasteiger partial charge on any atom is -0.399 e. The van der Waals surface area contributed by atoms with Gasteiger partial charge in [0.15, 0.2) is 0 Å².